The Morgan fingerprint density at radius 2 is 1.84 bits per heavy atom. The lowest BCUT2D eigenvalue weighted by molar-refractivity contribution is -0.116. The van der Waals surface area contributed by atoms with E-state index in [2.05, 4.69) is 10.3 Å². The van der Waals surface area contributed by atoms with Crippen molar-refractivity contribution >= 4 is 53.4 Å². The number of aromatic nitrogens is 2. The van der Waals surface area contributed by atoms with Crippen molar-refractivity contribution in [1.29, 1.82) is 0 Å². The van der Waals surface area contributed by atoms with Gasteiger partial charge in [0.05, 0.1) is 15.1 Å². The van der Waals surface area contributed by atoms with Crippen LogP contribution in [0.1, 0.15) is 13.8 Å². The average molecular weight is 471 g/mol. The summed E-state index contributed by atoms with van der Waals surface area (Å²) in [4.78, 5) is 29.4. The lowest BCUT2D eigenvalue weighted by Gasteiger charge is -2.18. The number of anilines is 1. The monoisotopic (exact) mass is 470 g/mol. The van der Waals surface area contributed by atoms with Crippen LogP contribution in [0.3, 0.4) is 0 Å². The number of carbonyl (C=O) groups is 1. The Morgan fingerprint density at radius 1 is 1.09 bits per heavy atom. The van der Waals surface area contributed by atoms with Crippen molar-refractivity contribution in [2.24, 2.45) is 0 Å². The highest BCUT2D eigenvalue weighted by molar-refractivity contribution is 7.89. The Bertz CT molecular complexity index is 1470. The zero-order valence-electron chi connectivity index (χ0n) is 17.6. The Morgan fingerprint density at radius 3 is 2.59 bits per heavy atom. The predicted octanol–water partition coefficient (Wildman–Crippen LogP) is 3.28. The van der Waals surface area contributed by atoms with Crippen molar-refractivity contribution in [2.45, 2.75) is 25.3 Å². The molecule has 0 unspecified atom stereocenters. The van der Waals surface area contributed by atoms with Gasteiger partial charge < -0.3 is 9.88 Å². The molecule has 166 valence electrons. The molecule has 0 spiro atoms. The van der Waals surface area contributed by atoms with Gasteiger partial charge in [-0.25, -0.2) is 13.4 Å². The molecule has 0 fully saturated rings. The fourth-order valence-electron chi connectivity index (χ4n) is 3.53. The molecule has 0 saturated carbocycles. The summed E-state index contributed by atoms with van der Waals surface area (Å²) < 4.78 is 28.8. The molecule has 0 atom stereocenters. The third-order valence-corrected chi connectivity index (χ3v) is 8.11. The molecule has 1 amide bonds. The van der Waals surface area contributed by atoms with Gasteiger partial charge in [0.15, 0.2) is 5.13 Å². The highest BCUT2D eigenvalue weighted by atomic mass is 32.2. The normalized spacial score (nSPS) is 12.0. The third-order valence-electron chi connectivity index (χ3n) is 5.14. The highest BCUT2D eigenvalue weighted by Crippen LogP contribution is 2.31. The number of thiazole rings is 1. The maximum Gasteiger partial charge on any atom is 0.251 e. The Balaban J connectivity index is 1.58. The van der Waals surface area contributed by atoms with Crippen molar-refractivity contribution in [3.63, 3.8) is 0 Å². The lowest BCUT2D eigenvalue weighted by atomic mass is 10.1. The Hall–Kier alpha value is -3.08. The molecular formula is C22H22N4O4S2. The summed E-state index contributed by atoms with van der Waals surface area (Å²) in [6.07, 6.45) is 1.21. The van der Waals surface area contributed by atoms with Crippen LogP contribution < -0.4 is 10.9 Å². The average Bonchev–Trinajstić information content (AvgIpc) is 3.18. The number of amides is 1. The molecule has 0 aliphatic heterocycles. The van der Waals surface area contributed by atoms with Gasteiger partial charge in [0.2, 0.25) is 15.9 Å². The topological polar surface area (TPSA) is 101 Å². The van der Waals surface area contributed by atoms with Crippen molar-refractivity contribution in [2.75, 3.05) is 18.4 Å². The molecule has 2 aromatic carbocycles. The Labute approximate surface area is 189 Å². The molecule has 32 heavy (non-hydrogen) atoms. The minimum Gasteiger partial charge on any atom is -0.305 e. The summed E-state index contributed by atoms with van der Waals surface area (Å²) in [6, 6.07) is 14.2. The van der Waals surface area contributed by atoms with E-state index in [0.717, 1.165) is 31.6 Å². The van der Waals surface area contributed by atoms with Gasteiger partial charge in [0.25, 0.3) is 5.56 Å². The van der Waals surface area contributed by atoms with Gasteiger partial charge >= 0.3 is 0 Å². The molecule has 4 aromatic rings. The fraction of sp³-hybridized carbons (Fsp3) is 0.227. The number of carbonyl (C=O) groups excluding carboxylic acids is 1. The first-order valence-corrected chi connectivity index (χ1v) is 12.4. The number of hydrogen-bond acceptors (Lipinski definition) is 6. The second kappa shape index (κ2) is 8.81. The van der Waals surface area contributed by atoms with E-state index in [1.807, 2.05) is 36.4 Å². The number of sulfonamides is 1. The van der Waals surface area contributed by atoms with Gasteiger partial charge in [-0.15, -0.1) is 0 Å². The number of rotatable bonds is 7. The molecule has 0 aliphatic rings. The fourth-order valence-corrected chi connectivity index (χ4v) is 5.90. The van der Waals surface area contributed by atoms with E-state index in [0.29, 0.717) is 18.2 Å². The number of fused-ring (bicyclic) bond motifs is 3. The van der Waals surface area contributed by atoms with Gasteiger partial charge in [-0.05, 0) is 17.5 Å². The molecule has 0 saturated heterocycles. The molecule has 1 N–H and O–H groups in total. The number of hydrogen-bond donors (Lipinski definition) is 1. The SMILES string of the molecule is CCN(CC)S(=O)(=O)c1ccc(=O)n(CC(=O)Nc2nc3c(ccc4ccccc43)s2)c1. The smallest absolute Gasteiger partial charge is 0.251 e. The number of nitrogens with zero attached hydrogens (tertiary/aromatic N) is 3. The van der Waals surface area contributed by atoms with Crippen LogP contribution in [-0.2, 0) is 21.4 Å². The van der Waals surface area contributed by atoms with Crippen molar-refractivity contribution in [1.82, 2.24) is 13.9 Å². The second-order valence-corrected chi connectivity index (χ2v) is 10.1. The van der Waals surface area contributed by atoms with Crippen LogP contribution in [0.2, 0.25) is 0 Å². The zero-order valence-corrected chi connectivity index (χ0v) is 19.2. The summed E-state index contributed by atoms with van der Waals surface area (Å²) in [7, 11) is -3.74. The zero-order chi connectivity index (χ0) is 22.9. The first kappa shape index (κ1) is 22.1. The van der Waals surface area contributed by atoms with E-state index in [1.54, 1.807) is 13.8 Å². The van der Waals surface area contributed by atoms with Crippen LogP contribution >= 0.6 is 11.3 Å². The van der Waals surface area contributed by atoms with Crippen LogP contribution in [0.15, 0.2) is 64.4 Å². The van der Waals surface area contributed by atoms with E-state index in [9.17, 15) is 18.0 Å². The molecule has 8 nitrogen and oxygen atoms in total. The molecule has 0 aliphatic carbocycles. The number of nitrogens with one attached hydrogen (secondary N) is 1. The molecule has 4 rings (SSSR count). The van der Waals surface area contributed by atoms with Crippen LogP contribution in [0, 0.1) is 0 Å². The van der Waals surface area contributed by atoms with Crippen molar-refractivity contribution < 1.29 is 13.2 Å². The van der Waals surface area contributed by atoms with E-state index in [4.69, 9.17) is 0 Å². The van der Waals surface area contributed by atoms with Crippen molar-refractivity contribution in [3.05, 3.63) is 65.1 Å². The summed E-state index contributed by atoms with van der Waals surface area (Å²) >= 11 is 1.34. The van der Waals surface area contributed by atoms with Gasteiger partial charge in [-0.1, -0.05) is 55.5 Å². The van der Waals surface area contributed by atoms with Crippen LogP contribution in [-0.4, -0.2) is 41.3 Å². The summed E-state index contributed by atoms with van der Waals surface area (Å²) in [5, 5.41) is 5.19. The highest BCUT2D eigenvalue weighted by Gasteiger charge is 2.22. The quantitative estimate of drug-likeness (QED) is 0.447. The van der Waals surface area contributed by atoms with Crippen LogP contribution in [0.4, 0.5) is 5.13 Å². The van der Waals surface area contributed by atoms with Gasteiger partial charge in [-0.2, -0.15) is 4.31 Å². The molecule has 10 heteroatoms. The number of benzene rings is 2. The van der Waals surface area contributed by atoms with Gasteiger partial charge in [-0.3, -0.25) is 9.59 Å². The summed E-state index contributed by atoms with van der Waals surface area (Å²) in [5.41, 5.74) is 0.335. The third kappa shape index (κ3) is 4.16. The second-order valence-electron chi connectivity index (χ2n) is 7.12. The summed E-state index contributed by atoms with van der Waals surface area (Å²) in [6.45, 7) is 3.78. The summed E-state index contributed by atoms with van der Waals surface area (Å²) in [5.74, 6) is -0.465. The van der Waals surface area contributed by atoms with Crippen LogP contribution in [0.25, 0.3) is 21.0 Å². The molecule has 2 heterocycles. The van der Waals surface area contributed by atoms with E-state index >= 15 is 0 Å². The largest absolute Gasteiger partial charge is 0.305 e. The lowest BCUT2D eigenvalue weighted by Crippen LogP contribution is -2.33. The Kier molecular flexibility index (Phi) is 6.09. The van der Waals surface area contributed by atoms with Gasteiger partial charge in [0, 0.05) is 30.7 Å². The molecular weight excluding hydrogens is 448 g/mol. The van der Waals surface area contributed by atoms with E-state index in [-0.39, 0.29) is 11.4 Å². The van der Waals surface area contributed by atoms with Crippen molar-refractivity contribution in [3.8, 4) is 0 Å². The first-order valence-electron chi connectivity index (χ1n) is 10.1. The maximum absolute atomic E-state index is 12.7. The van der Waals surface area contributed by atoms with Gasteiger partial charge in [0.1, 0.15) is 6.54 Å². The first-order chi connectivity index (χ1) is 15.3. The standard InChI is InChI=1S/C22H22N4O4S2/c1-3-26(4-2)32(29,30)16-10-12-20(28)25(13-16)14-19(27)23-22-24-21-17-8-6-5-7-15(17)9-11-18(21)31-22/h5-13H,3-4,14H2,1-2H3,(H,23,24,27). The minimum absolute atomic E-state index is 0.0277. The molecule has 2 aromatic heterocycles. The maximum atomic E-state index is 12.7. The van der Waals surface area contributed by atoms with E-state index in [1.165, 1.54) is 27.9 Å². The predicted molar refractivity (Wildman–Crippen MR) is 127 cm³/mol. The minimum atomic E-state index is -3.74. The van der Waals surface area contributed by atoms with Crippen LogP contribution in [0.5, 0.6) is 0 Å². The molecule has 0 bridgehead atoms. The molecule has 0 radical (unpaired) electrons. The van der Waals surface area contributed by atoms with E-state index < -0.39 is 21.5 Å². The number of pyridine rings is 1.